The average Bonchev–Trinajstić information content (AvgIpc) is 2.53. The first-order valence-electron chi connectivity index (χ1n) is 6.69. The summed E-state index contributed by atoms with van der Waals surface area (Å²) in [5.41, 5.74) is 2.62. The smallest absolute Gasteiger partial charge is 0.221 e. The van der Waals surface area contributed by atoms with E-state index in [0.29, 0.717) is 16.8 Å². The Labute approximate surface area is 128 Å². The first-order chi connectivity index (χ1) is 10.6. The van der Waals surface area contributed by atoms with Crippen LogP contribution in [0.25, 0.3) is 6.08 Å². The van der Waals surface area contributed by atoms with E-state index in [2.05, 4.69) is 5.32 Å². The first kappa shape index (κ1) is 15.2. The van der Waals surface area contributed by atoms with E-state index in [1.165, 1.54) is 13.0 Å². The molecule has 108 valence electrons. The molecule has 4 nitrogen and oxygen atoms in total. The van der Waals surface area contributed by atoms with E-state index >= 15 is 0 Å². The van der Waals surface area contributed by atoms with Gasteiger partial charge < -0.3 is 5.32 Å². The fraction of sp³-hybridized carbons (Fsp3) is 0.0556. The molecule has 1 N–H and O–H groups in total. The molecule has 0 aliphatic rings. The summed E-state index contributed by atoms with van der Waals surface area (Å²) in [5, 5.41) is 11.4. The van der Waals surface area contributed by atoms with Gasteiger partial charge in [0.25, 0.3) is 0 Å². The minimum atomic E-state index is -0.129. The molecule has 4 heteroatoms. The molecule has 0 aromatic heterocycles. The van der Waals surface area contributed by atoms with Gasteiger partial charge in [0.05, 0.1) is 11.6 Å². The lowest BCUT2D eigenvalue weighted by Crippen LogP contribution is -2.05. The maximum atomic E-state index is 12.0. The van der Waals surface area contributed by atoms with Gasteiger partial charge in [-0.05, 0) is 48.0 Å². The van der Waals surface area contributed by atoms with Crippen LogP contribution in [0, 0.1) is 11.3 Å². The second-order valence-electron chi connectivity index (χ2n) is 4.69. The molecule has 0 saturated carbocycles. The van der Waals surface area contributed by atoms with Crippen molar-refractivity contribution >= 4 is 23.5 Å². The van der Waals surface area contributed by atoms with Crippen molar-refractivity contribution < 1.29 is 9.59 Å². The van der Waals surface area contributed by atoms with Crippen LogP contribution in [0.4, 0.5) is 5.69 Å². The quantitative estimate of drug-likeness (QED) is 0.693. The van der Waals surface area contributed by atoms with Gasteiger partial charge in [0.15, 0.2) is 5.78 Å². The third kappa shape index (κ3) is 4.15. The number of nitrogens with zero attached hydrogens (tertiary/aromatic N) is 1. The number of nitrogens with one attached hydrogen (secondary N) is 1. The van der Waals surface area contributed by atoms with Crippen molar-refractivity contribution in [1.82, 2.24) is 0 Å². The number of carbonyl (C=O) groups excluding carboxylic acids is 2. The standard InChI is InChI=1S/C18H14N2O2/c1-13(21)20-17-9-4-14(5-10-17)6-11-18(22)16-7-2-15(12-19)3-8-16/h2-11H,1H3,(H,20,21)/b11-6+. The van der Waals surface area contributed by atoms with E-state index in [1.807, 2.05) is 18.2 Å². The Hall–Kier alpha value is -3.19. The maximum Gasteiger partial charge on any atom is 0.221 e. The lowest BCUT2D eigenvalue weighted by atomic mass is 10.1. The number of amides is 1. The molecular weight excluding hydrogens is 276 g/mol. The summed E-state index contributed by atoms with van der Waals surface area (Å²) in [6, 6.07) is 15.7. The molecule has 0 fully saturated rings. The molecule has 0 bridgehead atoms. The molecule has 0 atom stereocenters. The molecule has 2 aromatic carbocycles. The Morgan fingerprint density at radius 2 is 1.68 bits per heavy atom. The largest absolute Gasteiger partial charge is 0.326 e. The van der Waals surface area contributed by atoms with Crippen LogP contribution in [0.15, 0.2) is 54.6 Å². The highest BCUT2D eigenvalue weighted by Crippen LogP contribution is 2.12. The topological polar surface area (TPSA) is 70.0 Å². The van der Waals surface area contributed by atoms with E-state index in [9.17, 15) is 9.59 Å². The highest BCUT2D eigenvalue weighted by atomic mass is 16.1. The van der Waals surface area contributed by atoms with Gasteiger partial charge in [-0.25, -0.2) is 0 Å². The lowest BCUT2D eigenvalue weighted by molar-refractivity contribution is -0.114. The van der Waals surface area contributed by atoms with E-state index in [0.717, 1.165) is 5.56 Å². The van der Waals surface area contributed by atoms with Crippen LogP contribution in [0.3, 0.4) is 0 Å². The van der Waals surface area contributed by atoms with Crippen LogP contribution in [-0.4, -0.2) is 11.7 Å². The summed E-state index contributed by atoms with van der Waals surface area (Å²) in [6.07, 6.45) is 3.19. The van der Waals surface area contributed by atoms with Crippen molar-refractivity contribution in [1.29, 1.82) is 5.26 Å². The van der Waals surface area contributed by atoms with Crippen LogP contribution >= 0.6 is 0 Å². The van der Waals surface area contributed by atoms with Gasteiger partial charge in [0.1, 0.15) is 0 Å². The first-order valence-corrected chi connectivity index (χ1v) is 6.69. The fourth-order valence-corrected chi connectivity index (χ4v) is 1.86. The minimum Gasteiger partial charge on any atom is -0.326 e. The minimum absolute atomic E-state index is 0.126. The predicted octanol–water partition coefficient (Wildman–Crippen LogP) is 3.41. The average molecular weight is 290 g/mol. The second-order valence-corrected chi connectivity index (χ2v) is 4.69. The van der Waals surface area contributed by atoms with Gasteiger partial charge in [-0.15, -0.1) is 0 Å². The second kappa shape index (κ2) is 7.00. The zero-order valence-corrected chi connectivity index (χ0v) is 12.0. The van der Waals surface area contributed by atoms with Gasteiger partial charge in [0, 0.05) is 18.2 Å². The molecule has 0 unspecified atom stereocenters. The van der Waals surface area contributed by atoms with Crippen molar-refractivity contribution in [2.75, 3.05) is 5.32 Å². The van der Waals surface area contributed by atoms with Crippen molar-refractivity contribution in [3.63, 3.8) is 0 Å². The number of nitriles is 1. The number of carbonyl (C=O) groups is 2. The van der Waals surface area contributed by atoms with E-state index in [-0.39, 0.29) is 11.7 Å². The van der Waals surface area contributed by atoms with Crippen LogP contribution in [0.2, 0.25) is 0 Å². The lowest BCUT2D eigenvalue weighted by Gasteiger charge is -2.01. The van der Waals surface area contributed by atoms with Gasteiger partial charge in [-0.2, -0.15) is 5.26 Å². The fourth-order valence-electron chi connectivity index (χ4n) is 1.86. The predicted molar refractivity (Wildman–Crippen MR) is 85.3 cm³/mol. The number of hydrogen-bond donors (Lipinski definition) is 1. The van der Waals surface area contributed by atoms with Crippen molar-refractivity contribution in [2.45, 2.75) is 6.92 Å². The van der Waals surface area contributed by atoms with Crippen LogP contribution in [0.5, 0.6) is 0 Å². The number of anilines is 1. The zero-order chi connectivity index (χ0) is 15.9. The monoisotopic (exact) mass is 290 g/mol. The van der Waals surface area contributed by atoms with Gasteiger partial charge in [0.2, 0.25) is 5.91 Å². The molecule has 0 aliphatic carbocycles. The van der Waals surface area contributed by atoms with E-state index in [4.69, 9.17) is 5.26 Å². The Morgan fingerprint density at radius 1 is 1.05 bits per heavy atom. The highest BCUT2D eigenvalue weighted by molar-refractivity contribution is 6.06. The molecule has 0 heterocycles. The van der Waals surface area contributed by atoms with Crippen LogP contribution < -0.4 is 5.32 Å². The Bertz CT molecular complexity index is 751. The molecule has 0 radical (unpaired) electrons. The summed E-state index contributed by atoms with van der Waals surface area (Å²) in [4.78, 5) is 22.9. The van der Waals surface area contributed by atoms with Crippen molar-refractivity contribution in [3.8, 4) is 6.07 Å². The van der Waals surface area contributed by atoms with E-state index in [1.54, 1.807) is 42.5 Å². The number of hydrogen-bond acceptors (Lipinski definition) is 3. The normalized spacial score (nSPS) is 10.2. The van der Waals surface area contributed by atoms with Crippen LogP contribution in [0.1, 0.15) is 28.4 Å². The third-order valence-electron chi connectivity index (χ3n) is 2.96. The van der Waals surface area contributed by atoms with Crippen LogP contribution in [-0.2, 0) is 4.79 Å². The molecule has 0 saturated heterocycles. The number of ketones is 1. The number of benzene rings is 2. The van der Waals surface area contributed by atoms with Crippen molar-refractivity contribution in [3.05, 3.63) is 71.3 Å². The zero-order valence-electron chi connectivity index (χ0n) is 12.0. The maximum absolute atomic E-state index is 12.0. The Kier molecular flexibility index (Phi) is 4.84. The number of allylic oxidation sites excluding steroid dienone is 1. The summed E-state index contributed by atoms with van der Waals surface area (Å²) < 4.78 is 0. The van der Waals surface area contributed by atoms with Gasteiger partial charge in [-0.1, -0.05) is 18.2 Å². The Balaban J connectivity index is 2.05. The summed E-state index contributed by atoms with van der Waals surface area (Å²) in [7, 11) is 0. The Morgan fingerprint density at radius 3 is 2.23 bits per heavy atom. The molecule has 0 aliphatic heterocycles. The highest BCUT2D eigenvalue weighted by Gasteiger charge is 2.01. The molecule has 0 spiro atoms. The van der Waals surface area contributed by atoms with Gasteiger partial charge >= 0.3 is 0 Å². The summed E-state index contributed by atoms with van der Waals surface area (Å²) >= 11 is 0. The molecule has 22 heavy (non-hydrogen) atoms. The molecular formula is C18H14N2O2. The number of rotatable bonds is 4. The van der Waals surface area contributed by atoms with Gasteiger partial charge in [-0.3, -0.25) is 9.59 Å². The molecule has 2 aromatic rings. The molecule has 2 rings (SSSR count). The SMILES string of the molecule is CC(=O)Nc1ccc(/C=C/C(=O)c2ccc(C#N)cc2)cc1. The van der Waals surface area contributed by atoms with E-state index < -0.39 is 0 Å². The summed E-state index contributed by atoms with van der Waals surface area (Å²) in [6.45, 7) is 1.45. The van der Waals surface area contributed by atoms with Crippen molar-refractivity contribution in [2.24, 2.45) is 0 Å². The summed E-state index contributed by atoms with van der Waals surface area (Å²) in [5.74, 6) is -0.255. The molecule has 1 amide bonds. The third-order valence-corrected chi connectivity index (χ3v) is 2.96.